The number of hydrogen-bond donors (Lipinski definition) is 0. The highest BCUT2D eigenvalue weighted by Crippen LogP contribution is 2.66. The first kappa shape index (κ1) is 34.9. The highest BCUT2D eigenvalue weighted by atomic mass is 32.2. The van der Waals surface area contributed by atoms with E-state index >= 15 is 0 Å². The van der Waals surface area contributed by atoms with E-state index in [0.717, 1.165) is 0 Å². The summed E-state index contributed by atoms with van der Waals surface area (Å²) in [5, 5.41) is 0. The van der Waals surface area contributed by atoms with Gasteiger partial charge in [-0.1, -0.05) is 0 Å². The van der Waals surface area contributed by atoms with E-state index in [9.17, 15) is 0 Å². The minimum absolute atomic E-state index is 0.0260. The van der Waals surface area contributed by atoms with E-state index in [1.54, 1.807) is 0 Å². The minimum atomic E-state index is -0.296. The van der Waals surface area contributed by atoms with Gasteiger partial charge in [-0.3, -0.25) is 0 Å². The van der Waals surface area contributed by atoms with Crippen molar-refractivity contribution in [1.29, 1.82) is 0 Å². The van der Waals surface area contributed by atoms with Crippen LogP contribution in [0.2, 0.25) is 0 Å². The van der Waals surface area contributed by atoms with Crippen LogP contribution in [-0.2, 0) is 18.9 Å². The average molecular weight is 631 g/mol. The summed E-state index contributed by atoms with van der Waals surface area (Å²) in [6, 6.07) is 4.79. The molecule has 0 aliphatic carbocycles. The smallest absolute Gasteiger partial charge is 0.122 e. The average Bonchev–Trinajstić information content (AvgIpc) is 3.26. The third kappa shape index (κ3) is 8.34. The van der Waals surface area contributed by atoms with Crippen LogP contribution >= 0.6 is 47.0 Å². The van der Waals surface area contributed by atoms with Crippen LogP contribution < -0.4 is 0 Å². The van der Waals surface area contributed by atoms with Crippen molar-refractivity contribution >= 4 is 47.0 Å². The molecule has 0 bridgehead atoms. The fourth-order valence-electron chi connectivity index (χ4n) is 5.35. The van der Waals surface area contributed by atoms with Crippen LogP contribution in [0.15, 0.2) is 31.7 Å². The fourth-order valence-corrected chi connectivity index (χ4v) is 11.8. The maximum Gasteiger partial charge on any atom is 0.122 e. The van der Waals surface area contributed by atoms with Gasteiger partial charge >= 0.3 is 0 Å². The topological polar surface area (TPSA) is 36.9 Å². The second kappa shape index (κ2) is 11.8. The maximum absolute atomic E-state index is 6.62. The third-order valence-electron chi connectivity index (χ3n) is 6.48. The van der Waals surface area contributed by atoms with Crippen LogP contribution in [0.3, 0.4) is 0 Å². The highest BCUT2D eigenvalue weighted by molar-refractivity contribution is 8.22. The molecule has 0 amide bonds. The number of hydrogen-bond acceptors (Lipinski definition) is 8. The monoisotopic (exact) mass is 630 g/mol. The first-order valence-electron chi connectivity index (χ1n) is 14.5. The molecule has 0 saturated heterocycles. The first-order chi connectivity index (χ1) is 17.9. The normalized spacial score (nSPS) is 22.0. The number of ether oxygens (including phenoxy) is 4. The van der Waals surface area contributed by atoms with Crippen molar-refractivity contribution in [2.75, 3.05) is 0 Å². The number of benzene rings is 1. The Morgan fingerprint density at radius 1 is 0.425 bits per heavy atom. The highest BCUT2D eigenvalue weighted by Gasteiger charge is 2.55. The Balaban J connectivity index is 2.00. The predicted octanol–water partition coefficient (Wildman–Crippen LogP) is 10.3. The summed E-state index contributed by atoms with van der Waals surface area (Å²) in [6.45, 7) is 34.4. The summed E-state index contributed by atoms with van der Waals surface area (Å²) >= 11 is 7.65. The molecule has 230 valence electrons. The van der Waals surface area contributed by atoms with Crippen LogP contribution in [0.1, 0.15) is 111 Å². The van der Waals surface area contributed by atoms with Crippen LogP contribution in [0.5, 0.6) is 0 Å². The van der Waals surface area contributed by atoms with E-state index in [4.69, 9.17) is 18.9 Å². The lowest BCUT2D eigenvalue weighted by Gasteiger charge is -2.43. The summed E-state index contributed by atoms with van der Waals surface area (Å²) in [6.07, 6.45) is -0.104. The SMILES string of the molecule is CC(OC(C)(C)C)C1(C(C)OC(C)(C)C)Sc2cc3c(cc2S1)SC(C(C)OC(C)(C)C)(C(C)OC(C)(C)C)S3. The quantitative estimate of drug-likeness (QED) is 0.281. The zero-order valence-electron chi connectivity index (χ0n) is 27.7. The third-order valence-corrected chi connectivity index (χ3v) is 13.9. The van der Waals surface area contributed by atoms with Gasteiger partial charge in [-0.2, -0.15) is 0 Å². The van der Waals surface area contributed by atoms with Gasteiger partial charge < -0.3 is 18.9 Å². The standard InChI is InChI=1S/C32H54O4S4/c1-19(33-27(5,6)7)31(20(2)34-28(8,9)10)37-23-17-25-26(18-24(23)38-31)40-32(39-25,21(3)35-29(11,12)13)22(4)36-30(14,15)16/h17-22H,1-16H3. The zero-order valence-corrected chi connectivity index (χ0v) is 31.0. The van der Waals surface area contributed by atoms with E-state index in [1.807, 2.05) is 47.0 Å². The van der Waals surface area contributed by atoms with E-state index in [2.05, 4.69) is 123 Å². The van der Waals surface area contributed by atoms with Gasteiger partial charge in [-0.25, -0.2) is 0 Å². The van der Waals surface area contributed by atoms with E-state index in [1.165, 1.54) is 19.6 Å². The van der Waals surface area contributed by atoms with Crippen molar-refractivity contribution < 1.29 is 18.9 Å². The number of fused-ring (bicyclic) bond motifs is 2. The second-order valence-electron chi connectivity index (χ2n) is 15.1. The van der Waals surface area contributed by atoms with Gasteiger partial charge in [0.05, 0.1) is 46.8 Å². The van der Waals surface area contributed by atoms with Crippen LogP contribution in [0, 0.1) is 0 Å². The van der Waals surface area contributed by atoms with Crippen molar-refractivity contribution in [3.63, 3.8) is 0 Å². The number of thioether (sulfide) groups is 4. The van der Waals surface area contributed by atoms with Crippen LogP contribution in [-0.4, -0.2) is 55.0 Å². The van der Waals surface area contributed by atoms with Gasteiger partial charge in [0.1, 0.15) is 8.16 Å². The molecule has 1 aromatic carbocycles. The Kier molecular flexibility index (Phi) is 10.3. The lowest BCUT2D eigenvalue weighted by Crippen LogP contribution is -2.49. The second-order valence-corrected chi connectivity index (χ2v) is 20.9. The molecular weight excluding hydrogens is 577 g/mol. The predicted molar refractivity (Wildman–Crippen MR) is 177 cm³/mol. The van der Waals surface area contributed by atoms with Crippen LogP contribution in [0.4, 0.5) is 0 Å². The van der Waals surface area contributed by atoms with Gasteiger partial charge in [0, 0.05) is 19.6 Å². The molecule has 0 saturated carbocycles. The molecular formula is C32H54O4S4. The molecule has 2 heterocycles. The van der Waals surface area contributed by atoms with Crippen molar-refractivity contribution in [2.45, 2.75) is 185 Å². The van der Waals surface area contributed by atoms with E-state index < -0.39 is 0 Å². The largest absolute Gasteiger partial charge is 0.370 e. The fraction of sp³-hybridized carbons (Fsp3) is 0.812. The summed E-state index contributed by atoms with van der Waals surface area (Å²) < 4.78 is 25.9. The van der Waals surface area contributed by atoms with Gasteiger partial charge in [0.2, 0.25) is 0 Å². The number of rotatable bonds is 8. The molecule has 2 aliphatic rings. The summed E-state index contributed by atoms with van der Waals surface area (Å²) in [5.41, 5.74) is -0.987. The molecule has 4 atom stereocenters. The van der Waals surface area contributed by atoms with E-state index in [-0.39, 0.29) is 55.0 Å². The Bertz CT molecular complexity index is 883. The van der Waals surface area contributed by atoms with Crippen molar-refractivity contribution in [2.24, 2.45) is 0 Å². The molecule has 3 rings (SSSR count). The Hall–Kier alpha value is 0.460. The minimum Gasteiger partial charge on any atom is -0.370 e. The van der Waals surface area contributed by atoms with E-state index in [0.29, 0.717) is 0 Å². The van der Waals surface area contributed by atoms with Gasteiger partial charge in [0.25, 0.3) is 0 Å². The molecule has 2 aliphatic heterocycles. The first-order valence-corrected chi connectivity index (χ1v) is 17.8. The van der Waals surface area contributed by atoms with Crippen molar-refractivity contribution in [1.82, 2.24) is 0 Å². The molecule has 0 N–H and O–H groups in total. The molecule has 40 heavy (non-hydrogen) atoms. The Morgan fingerprint density at radius 3 is 0.750 bits per heavy atom. The Labute approximate surface area is 262 Å². The van der Waals surface area contributed by atoms with Gasteiger partial charge in [-0.05, 0) is 123 Å². The van der Waals surface area contributed by atoms with Gasteiger partial charge in [0.15, 0.2) is 0 Å². The van der Waals surface area contributed by atoms with Crippen molar-refractivity contribution in [3.05, 3.63) is 12.1 Å². The molecule has 4 nitrogen and oxygen atoms in total. The molecule has 0 aromatic heterocycles. The molecule has 8 heteroatoms. The lowest BCUT2D eigenvalue weighted by atomic mass is 10.1. The molecule has 0 fully saturated rings. The molecule has 1 aromatic rings. The summed E-state index contributed by atoms with van der Waals surface area (Å²) in [5.74, 6) is 0. The maximum atomic E-state index is 6.62. The lowest BCUT2D eigenvalue weighted by molar-refractivity contribution is -0.104. The van der Waals surface area contributed by atoms with Crippen LogP contribution in [0.25, 0.3) is 0 Å². The molecule has 0 spiro atoms. The molecule has 4 unspecified atom stereocenters. The summed E-state index contributed by atoms with van der Waals surface area (Å²) in [4.78, 5) is 5.20. The summed E-state index contributed by atoms with van der Waals surface area (Å²) in [7, 11) is 0. The Morgan fingerprint density at radius 2 is 0.600 bits per heavy atom. The van der Waals surface area contributed by atoms with Crippen molar-refractivity contribution in [3.8, 4) is 0 Å². The van der Waals surface area contributed by atoms with Gasteiger partial charge in [-0.15, -0.1) is 47.0 Å². The molecule has 0 radical (unpaired) electrons. The zero-order chi connectivity index (χ0) is 30.7.